The zero-order valence-electron chi connectivity index (χ0n) is 20.6. The summed E-state index contributed by atoms with van der Waals surface area (Å²) < 4.78 is 0. The van der Waals surface area contributed by atoms with Crippen molar-refractivity contribution in [2.45, 2.75) is 46.0 Å². The molecule has 35 heavy (non-hydrogen) atoms. The maximum Gasteiger partial charge on any atom is 0.333 e. The minimum Gasteiger partial charge on any atom is -0.486 e. The Morgan fingerprint density at radius 3 is 2.11 bits per heavy atom. The molecule has 4 nitrogen and oxygen atoms in total. The van der Waals surface area contributed by atoms with Gasteiger partial charge in [0, 0.05) is 18.8 Å². The standard InChI is InChI=1S/C31H32N2O2/c1-4-6-16-33(17-7-5-2)27-13-15-29-26(21-27)20-25-19-24(12-14-28(25)29)23-10-8-22(9-11-23)18-30(32-3)31(34)35/h8-15,18-19,21H,4-7,16-17,20H2,1-2H3,(H,34,35)/b30-18+. The summed E-state index contributed by atoms with van der Waals surface area (Å²) >= 11 is 0. The van der Waals surface area contributed by atoms with Gasteiger partial charge in [-0.3, -0.25) is 4.79 Å². The van der Waals surface area contributed by atoms with Gasteiger partial charge in [0.2, 0.25) is 0 Å². The van der Waals surface area contributed by atoms with Crippen molar-refractivity contribution in [3.05, 3.63) is 94.5 Å². The zero-order chi connectivity index (χ0) is 24.8. The zero-order valence-corrected chi connectivity index (χ0v) is 20.6. The lowest BCUT2D eigenvalue weighted by Crippen LogP contribution is -2.25. The van der Waals surface area contributed by atoms with Crippen LogP contribution in [-0.4, -0.2) is 24.2 Å². The Kier molecular flexibility index (Phi) is 7.67. The molecule has 0 fully saturated rings. The number of carboxylic acids is 1. The summed E-state index contributed by atoms with van der Waals surface area (Å²) in [4.78, 5) is 16.7. The largest absolute Gasteiger partial charge is 0.486 e. The van der Waals surface area contributed by atoms with E-state index in [1.807, 2.05) is 24.3 Å². The molecule has 0 atom stereocenters. The predicted molar refractivity (Wildman–Crippen MR) is 144 cm³/mol. The van der Waals surface area contributed by atoms with Crippen LogP contribution in [0.15, 0.2) is 66.4 Å². The monoisotopic (exact) mass is 464 g/mol. The van der Waals surface area contributed by atoms with E-state index in [-0.39, 0.29) is 5.70 Å². The lowest BCUT2D eigenvalue weighted by Gasteiger charge is -2.25. The highest BCUT2D eigenvalue weighted by atomic mass is 16.4. The van der Waals surface area contributed by atoms with Crippen LogP contribution in [0.25, 0.3) is 33.2 Å². The first-order valence-electron chi connectivity index (χ1n) is 12.5. The molecule has 4 rings (SSSR count). The Bertz CT molecular complexity index is 1270. The lowest BCUT2D eigenvalue weighted by atomic mass is 9.98. The van der Waals surface area contributed by atoms with E-state index in [9.17, 15) is 4.79 Å². The van der Waals surface area contributed by atoms with Gasteiger partial charge in [-0.1, -0.05) is 75.2 Å². The Hall–Kier alpha value is -3.84. The molecule has 0 bridgehead atoms. The van der Waals surface area contributed by atoms with E-state index < -0.39 is 5.97 Å². The number of rotatable bonds is 10. The molecule has 0 aromatic heterocycles. The molecule has 0 radical (unpaired) electrons. The van der Waals surface area contributed by atoms with E-state index in [1.165, 1.54) is 59.7 Å². The fourth-order valence-corrected chi connectivity index (χ4v) is 4.71. The van der Waals surface area contributed by atoms with Gasteiger partial charge in [-0.15, -0.1) is 0 Å². The average Bonchev–Trinajstić information content (AvgIpc) is 3.24. The van der Waals surface area contributed by atoms with Crippen LogP contribution in [0.4, 0.5) is 5.69 Å². The summed E-state index contributed by atoms with van der Waals surface area (Å²) in [7, 11) is 0. The normalized spacial score (nSPS) is 12.1. The van der Waals surface area contributed by atoms with Crippen molar-refractivity contribution in [3.8, 4) is 22.3 Å². The summed E-state index contributed by atoms with van der Waals surface area (Å²) in [6, 6.07) is 21.3. The number of hydrogen-bond donors (Lipinski definition) is 1. The number of anilines is 1. The summed E-state index contributed by atoms with van der Waals surface area (Å²) in [5.74, 6) is -1.20. The highest BCUT2D eigenvalue weighted by Crippen LogP contribution is 2.40. The van der Waals surface area contributed by atoms with Gasteiger partial charge in [-0.2, -0.15) is 0 Å². The van der Waals surface area contributed by atoms with E-state index in [4.69, 9.17) is 11.7 Å². The molecule has 0 aliphatic heterocycles. The van der Waals surface area contributed by atoms with Crippen LogP contribution in [0.3, 0.4) is 0 Å². The average molecular weight is 465 g/mol. The fraction of sp³-hybridized carbons (Fsp3) is 0.290. The van der Waals surface area contributed by atoms with Crippen LogP contribution < -0.4 is 4.90 Å². The third kappa shape index (κ3) is 5.46. The number of nitrogens with zero attached hydrogens (tertiary/aromatic N) is 2. The third-order valence-electron chi connectivity index (χ3n) is 6.68. The first-order chi connectivity index (χ1) is 17.0. The van der Waals surface area contributed by atoms with Gasteiger partial charge in [0.1, 0.15) is 0 Å². The van der Waals surface area contributed by atoms with Crippen molar-refractivity contribution in [2.24, 2.45) is 0 Å². The second kappa shape index (κ2) is 11.1. The van der Waals surface area contributed by atoms with Gasteiger partial charge in [-0.25, -0.2) is 4.85 Å². The Balaban J connectivity index is 1.56. The van der Waals surface area contributed by atoms with Crippen LogP contribution in [0, 0.1) is 6.57 Å². The topological polar surface area (TPSA) is 44.9 Å². The van der Waals surface area contributed by atoms with E-state index in [0.717, 1.165) is 30.6 Å². The number of benzene rings is 3. The number of fused-ring (bicyclic) bond motifs is 3. The van der Waals surface area contributed by atoms with Crippen molar-refractivity contribution < 1.29 is 9.90 Å². The van der Waals surface area contributed by atoms with Gasteiger partial charge in [0.15, 0.2) is 0 Å². The Morgan fingerprint density at radius 2 is 1.51 bits per heavy atom. The van der Waals surface area contributed by atoms with Crippen molar-refractivity contribution >= 4 is 17.7 Å². The van der Waals surface area contributed by atoms with Gasteiger partial charge < -0.3 is 10.0 Å². The van der Waals surface area contributed by atoms with E-state index in [1.54, 1.807) is 0 Å². The summed E-state index contributed by atoms with van der Waals surface area (Å²) in [6.45, 7) is 13.7. The molecule has 1 N–H and O–H groups in total. The summed E-state index contributed by atoms with van der Waals surface area (Å²) in [5, 5.41) is 9.07. The van der Waals surface area contributed by atoms with Crippen molar-refractivity contribution in [1.29, 1.82) is 0 Å². The fourth-order valence-electron chi connectivity index (χ4n) is 4.71. The minimum absolute atomic E-state index is 0.282. The van der Waals surface area contributed by atoms with Crippen molar-refractivity contribution in [3.63, 3.8) is 0 Å². The lowest BCUT2D eigenvalue weighted by molar-refractivity contribution is -0.132. The molecule has 0 heterocycles. The maximum absolute atomic E-state index is 11.1. The SMILES string of the molecule is [C-]#[N+]/C(=C/c1ccc(-c2ccc3c(c2)Cc2cc(N(CCCC)CCCC)ccc2-3)cc1)C(=O)O. The molecule has 1 aliphatic carbocycles. The molecular formula is C31H32N2O2. The van der Waals surface area contributed by atoms with Crippen LogP contribution in [-0.2, 0) is 11.2 Å². The van der Waals surface area contributed by atoms with E-state index in [0.29, 0.717) is 5.56 Å². The highest BCUT2D eigenvalue weighted by Gasteiger charge is 2.20. The van der Waals surface area contributed by atoms with Gasteiger partial charge in [0.25, 0.3) is 5.70 Å². The molecule has 4 heteroatoms. The number of hydrogen-bond acceptors (Lipinski definition) is 2. The van der Waals surface area contributed by atoms with Crippen molar-refractivity contribution in [2.75, 3.05) is 18.0 Å². The van der Waals surface area contributed by atoms with Crippen LogP contribution in [0.2, 0.25) is 0 Å². The molecule has 3 aromatic rings. The minimum atomic E-state index is -1.20. The van der Waals surface area contributed by atoms with Gasteiger partial charge in [-0.05, 0) is 76.4 Å². The maximum atomic E-state index is 11.1. The molecule has 0 spiro atoms. The smallest absolute Gasteiger partial charge is 0.333 e. The quantitative estimate of drug-likeness (QED) is 0.193. The Morgan fingerprint density at radius 1 is 0.914 bits per heavy atom. The van der Waals surface area contributed by atoms with Gasteiger partial charge >= 0.3 is 5.97 Å². The molecule has 0 saturated heterocycles. The molecule has 178 valence electrons. The highest BCUT2D eigenvalue weighted by molar-refractivity contribution is 5.94. The van der Waals surface area contributed by atoms with E-state index in [2.05, 4.69) is 60.0 Å². The van der Waals surface area contributed by atoms with E-state index >= 15 is 0 Å². The second-order valence-electron chi connectivity index (χ2n) is 9.15. The van der Waals surface area contributed by atoms with Crippen molar-refractivity contribution in [1.82, 2.24) is 0 Å². The number of carboxylic acid groups (broad SMARTS) is 1. The second-order valence-corrected chi connectivity index (χ2v) is 9.15. The third-order valence-corrected chi connectivity index (χ3v) is 6.68. The number of unbranched alkanes of at least 4 members (excludes halogenated alkanes) is 2. The molecule has 0 amide bonds. The summed E-state index contributed by atoms with van der Waals surface area (Å²) in [5.41, 5.74) is 9.36. The van der Waals surface area contributed by atoms with Gasteiger partial charge in [0.05, 0.1) is 6.57 Å². The molecular weight excluding hydrogens is 432 g/mol. The van der Waals surface area contributed by atoms with Crippen LogP contribution >= 0.6 is 0 Å². The number of aliphatic carboxylic acids is 1. The van der Waals surface area contributed by atoms with Crippen LogP contribution in [0.5, 0.6) is 0 Å². The number of carbonyl (C=O) groups is 1. The summed E-state index contributed by atoms with van der Waals surface area (Å²) in [6.07, 6.45) is 7.19. The molecule has 0 saturated carbocycles. The molecule has 1 aliphatic rings. The predicted octanol–water partition coefficient (Wildman–Crippen LogP) is 7.68. The first-order valence-corrected chi connectivity index (χ1v) is 12.5. The van der Waals surface area contributed by atoms with Crippen LogP contribution in [0.1, 0.15) is 56.2 Å². The molecule has 0 unspecified atom stereocenters. The molecule has 3 aromatic carbocycles. The first kappa shape index (κ1) is 24.3. The Labute approximate surface area is 208 Å².